The molecule has 0 atom stereocenters. The van der Waals surface area contributed by atoms with Crippen molar-refractivity contribution < 1.29 is 4.74 Å². The van der Waals surface area contributed by atoms with Crippen LogP contribution in [0.5, 0.6) is 0 Å². The summed E-state index contributed by atoms with van der Waals surface area (Å²) in [6, 6.07) is 0. The van der Waals surface area contributed by atoms with Crippen LogP contribution in [0.2, 0.25) is 0 Å². The molecule has 2 heterocycles. The van der Waals surface area contributed by atoms with Gasteiger partial charge in [0.15, 0.2) is 0 Å². The first kappa shape index (κ1) is 15.9. The lowest BCUT2D eigenvalue weighted by Gasteiger charge is -2.20. The topological polar surface area (TPSA) is 34.1 Å². The number of aromatic nitrogens is 1. The fourth-order valence-corrected chi connectivity index (χ4v) is 3.75. The van der Waals surface area contributed by atoms with E-state index in [1.165, 1.54) is 15.6 Å². The Labute approximate surface area is 127 Å². The lowest BCUT2D eigenvalue weighted by Crippen LogP contribution is -2.35. The molecular weight excluding hydrogens is 268 g/mol. The van der Waals surface area contributed by atoms with Crippen LogP contribution < -0.4 is 5.32 Å². The van der Waals surface area contributed by atoms with Crippen LogP contribution in [0.15, 0.2) is 0 Å². The van der Waals surface area contributed by atoms with Crippen molar-refractivity contribution in [3.63, 3.8) is 0 Å². The minimum Gasteiger partial charge on any atom is -0.381 e. The minimum atomic E-state index is 0.150. The molecule has 1 saturated heterocycles. The van der Waals surface area contributed by atoms with Crippen molar-refractivity contribution in [3.8, 4) is 0 Å². The van der Waals surface area contributed by atoms with Gasteiger partial charge < -0.3 is 10.1 Å². The van der Waals surface area contributed by atoms with E-state index < -0.39 is 0 Å². The summed E-state index contributed by atoms with van der Waals surface area (Å²) in [7, 11) is 0. The van der Waals surface area contributed by atoms with Gasteiger partial charge in [-0.05, 0) is 39.5 Å². The largest absolute Gasteiger partial charge is 0.381 e. The molecule has 0 spiro atoms. The van der Waals surface area contributed by atoms with E-state index in [4.69, 9.17) is 9.72 Å². The lowest BCUT2D eigenvalue weighted by molar-refractivity contribution is 0.0852. The molecule has 4 heteroatoms. The Kier molecular flexibility index (Phi) is 5.21. The zero-order valence-electron chi connectivity index (χ0n) is 13.5. The molecule has 0 radical (unpaired) electrons. The molecule has 3 nitrogen and oxygen atoms in total. The van der Waals surface area contributed by atoms with E-state index in [1.807, 2.05) is 11.3 Å². The molecule has 2 rings (SSSR count). The highest BCUT2D eigenvalue weighted by Gasteiger charge is 2.23. The van der Waals surface area contributed by atoms with Crippen molar-refractivity contribution in [2.75, 3.05) is 13.2 Å². The van der Waals surface area contributed by atoms with Gasteiger partial charge in [-0.15, -0.1) is 11.3 Å². The van der Waals surface area contributed by atoms with Gasteiger partial charge in [-0.3, -0.25) is 0 Å². The molecule has 1 fully saturated rings. The van der Waals surface area contributed by atoms with Gasteiger partial charge in [-0.2, -0.15) is 0 Å². The zero-order chi connectivity index (χ0) is 14.8. The monoisotopic (exact) mass is 296 g/mol. The third-order valence-electron chi connectivity index (χ3n) is 3.64. The average Bonchev–Trinajstić information content (AvgIpc) is 2.81. The molecule has 0 aliphatic carbocycles. The van der Waals surface area contributed by atoms with Gasteiger partial charge in [0.2, 0.25) is 0 Å². The second-order valence-corrected chi connectivity index (χ2v) is 8.12. The Balaban J connectivity index is 2.14. The number of hydrogen-bond acceptors (Lipinski definition) is 4. The van der Waals surface area contributed by atoms with Crippen LogP contribution in [0.1, 0.15) is 74.9 Å². The van der Waals surface area contributed by atoms with Gasteiger partial charge in [-0.1, -0.05) is 13.8 Å². The summed E-state index contributed by atoms with van der Waals surface area (Å²) in [5.74, 6) is 1.10. The van der Waals surface area contributed by atoms with Crippen LogP contribution in [0.4, 0.5) is 0 Å². The van der Waals surface area contributed by atoms with Crippen molar-refractivity contribution in [2.45, 2.75) is 71.4 Å². The zero-order valence-corrected chi connectivity index (χ0v) is 14.3. The third-order valence-corrected chi connectivity index (χ3v) is 4.87. The van der Waals surface area contributed by atoms with Crippen molar-refractivity contribution in [1.82, 2.24) is 10.3 Å². The summed E-state index contributed by atoms with van der Waals surface area (Å²) in [5, 5.41) is 4.92. The maximum absolute atomic E-state index is 5.46. The second kappa shape index (κ2) is 6.54. The molecule has 1 N–H and O–H groups in total. The first-order chi connectivity index (χ1) is 9.37. The molecule has 0 unspecified atom stereocenters. The summed E-state index contributed by atoms with van der Waals surface area (Å²) in [5.41, 5.74) is 1.44. The molecule has 1 aliphatic heterocycles. The summed E-state index contributed by atoms with van der Waals surface area (Å²) in [4.78, 5) is 6.37. The van der Waals surface area contributed by atoms with Gasteiger partial charge in [0.1, 0.15) is 0 Å². The molecular formula is C16H28N2OS. The molecule has 0 saturated carbocycles. The Hall–Kier alpha value is -0.450. The molecule has 1 aromatic rings. The molecule has 0 bridgehead atoms. The molecule has 114 valence electrons. The minimum absolute atomic E-state index is 0.150. The van der Waals surface area contributed by atoms with Crippen molar-refractivity contribution in [1.29, 1.82) is 0 Å². The van der Waals surface area contributed by atoms with E-state index in [2.05, 4.69) is 39.9 Å². The molecule has 20 heavy (non-hydrogen) atoms. The van der Waals surface area contributed by atoms with E-state index in [-0.39, 0.29) is 5.54 Å². The molecule has 1 aliphatic rings. The maximum Gasteiger partial charge on any atom is 0.0964 e. The summed E-state index contributed by atoms with van der Waals surface area (Å²) >= 11 is 1.91. The number of ether oxygens (including phenoxy) is 1. The Bertz CT molecular complexity index is 428. The first-order valence-electron chi connectivity index (χ1n) is 7.69. The van der Waals surface area contributed by atoms with E-state index in [0.29, 0.717) is 11.8 Å². The third kappa shape index (κ3) is 4.27. The lowest BCUT2D eigenvalue weighted by atomic mass is 10.0. The van der Waals surface area contributed by atoms with Crippen molar-refractivity contribution in [2.24, 2.45) is 0 Å². The van der Waals surface area contributed by atoms with Crippen LogP contribution in [0.3, 0.4) is 0 Å². The summed E-state index contributed by atoms with van der Waals surface area (Å²) in [6.07, 6.45) is 2.24. The van der Waals surface area contributed by atoms with Crippen LogP contribution >= 0.6 is 11.3 Å². The smallest absolute Gasteiger partial charge is 0.0964 e. The molecule has 0 aromatic carbocycles. The van der Waals surface area contributed by atoms with E-state index in [0.717, 1.165) is 32.6 Å². The van der Waals surface area contributed by atoms with Gasteiger partial charge in [0.25, 0.3) is 0 Å². The standard InChI is InChI=1S/C16H28N2OS/c1-11(2)14-13(10-17-16(3,4)5)20-15(18-14)12-6-8-19-9-7-12/h11-12,17H,6-10H2,1-5H3. The van der Waals surface area contributed by atoms with Crippen LogP contribution in [0.25, 0.3) is 0 Å². The van der Waals surface area contributed by atoms with E-state index >= 15 is 0 Å². The highest BCUT2D eigenvalue weighted by molar-refractivity contribution is 7.11. The van der Waals surface area contributed by atoms with Crippen molar-refractivity contribution >= 4 is 11.3 Å². The highest BCUT2D eigenvalue weighted by atomic mass is 32.1. The molecule has 1 aromatic heterocycles. The van der Waals surface area contributed by atoms with Gasteiger partial charge in [0, 0.05) is 36.1 Å². The highest BCUT2D eigenvalue weighted by Crippen LogP contribution is 2.34. The Morgan fingerprint density at radius 3 is 2.50 bits per heavy atom. The van der Waals surface area contributed by atoms with Crippen LogP contribution in [-0.2, 0) is 11.3 Å². The Morgan fingerprint density at radius 2 is 1.95 bits per heavy atom. The SMILES string of the molecule is CC(C)c1nc(C2CCOCC2)sc1CNC(C)(C)C. The van der Waals surface area contributed by atoms with E-state index in [9.17, 15) is 0 Å². The summed E-state index contributed by atoms with van der Waals surface area (Å²) in [6.45, 7) is 13.8. The molecule has 0 amide bonds. The maximum atomic E-state index is 5.46. The van der Waals surface area contributed by atoms with Gasteiger partial charge in [-0.25, -0.2) is 4.98 Å². The fourth-order valence-electron chi connectivity index (χ4n) is 2.42. The number of nitrogens with zero attached hydrogens (tertiary/aromatic N) is 1. The van der Waals surface area contributed by atoms with Gasteiger partial charge >= 0.3 is 0 Å². The second-order valence-electron chi connectivity index (χ2n) is 7.01. The number of thiazole rings is 1. The predicted molar refractivity (Wildman–Crippen MR) is 85.6 cm³/mol. The van der Waals surface area contributed by atoms with Crippen LogP contribution in [0, 0.1) is 0 Å². The van der Waals surface area contributed by atoms with E-state index in [1.54, 1.807) is 0 Å². The fraction of sp³-hybridized carbons (Fsp3) is 0.812. The quantitative estimate of drug-likeness (QED) is 0.910. The summed E-state index contributed by atoms with van der Waals surface area (Å²) < 4.78 is 5.46. The number of hydrogen-bond donors (Lipinski definition) is 1. The number of rotatable bonds is 4. The van der Waals surface area contributed by atoms with Crippen molar-refractivity contribution in [3.05, 3.63) is 15.6 Å². The normalized spacial score (nSPS) is 17.9. The number of nitrogens with one attached hydrogen (secondary N) is 1. The first-order valence-corrected chi connectivity index (χ1v) is 8.50. The Morgan fingerprint density at radius 1 is 1.30 bits per heavy atom. The van der Waals surface area contributed by atoms with Gasteiger partial charge in [0.05, 0.1) is 10.7 Å². The van der Waals surface area contributed by atoms with Crippen LogP contribution in [-0.4, -0.2) is 23.7 Å². The average molecular weight is 296 g/mol. The predicted octanol–water partition coefficient (Wildman–Crippen LogP) is 4.05.